The fourth-order valence-electron chi connectivity index (χ4n) is 4.31. The van der Waals surface area contributed by atoms with Gasteiger partial charge in [0.2, 0.25) is 5.91 Å². The smallest absolute Gasteiger partial charge is 0.408 e. The van der Waals surface area contributed by atoms with E-state index in [2.05, 4.69) is 20.9 Å². The van der Waals surface area contributed by atoms with E-state index < -0.39 is 35.0 Å². The van der Waals surface area contributed by atoms with Crippen molar-refractivity contribution in [1.82, 2.24) is 10.3 Å². The number of hydrogen-bond donors (Lipinski definition) is 4. The number of methoxy groups -OCH3 is 1. The number of aromatic nitrogens is 1. The van der Waals surface area contributed by atoms with Gasteiger partial charge in [-0.3, -0.25) is 9.59 Å². The summed E-state index contributed by atoms with van der Waals surface area (Å²) in [6.07, 6.45) is -0.169. The Bertz CT molecular complexity index is 1440. The zero-order valence-electron chi connectivity index (χ0n) is 23.1. The molecular weight excluding hydrogens is 568 g/mol. The van der Waals surface area contributed by atoms with Gasteiger partial charge < -0.3 is 36.1 Å². The number of thiophene rings is 1. The van der Waals surface area contributed by atoms with E-state index in [9.17, 15) is 19.2 Å². The second-order valence-electron chi connectivity index (χ2n) is 10.3. The lowest BCUT2D eigenvalue weighted by Crippen LogP contribution is -2.63. The van der Waals surface area contributed by atoms with Crippen LogP contribution in [0.15, 0.2) is 41.1 Å². The van der Waals surface area contributed by atoms with Crippen molar-refractivity contribution >= 4 is 68.7 Å². The maximum absolute atomic E-state index is 13.1. The third-order valence-electron chi connectivity index (χ3n) is 6.34. The van der Waals surface area contributed by atoms with Crippen LogP contribution < -0.4 is 26.6 Å². The number of nitrogens with one attached hydrogen (secondary N) is 3. The minimum atomic E-state index is -1.24. The van der Waals surface area contributed by atoms with Crippen molar-refractivity contribution in [3.63, 3.8) is 0 Å². The van der Waals surface area contributed by atoms with Gasteiger partial charge in [-0.25, -0.2) is 14.6 Å². The van der Waals surface area contributed by atoms with Gasteiger partial charge in [0.25, 0.3) is 5.91 Å². The number of carbonyl (C=O) groups excluding carboxylic acids is 4. The number of ether oxygens (including phenoxy) is 2. The summed E-state index contributed by atoms with van der Waals surface area (Å²) < 4.78 is 10.1. The highest BCUT2D eigenvalue weighted by Crippen LogP contribution is 2.33. The first-order valence-corrected chi connectivity index (χ1v) is 14.5. The predicted octanol–water partition coefficient (Wildman–Crippen LogP) is 4.34. The van der Waals surface area contributed by atoms with Crippen LogP contribution in [-0.4, -0.2) is 60.2 Å². The van der Waals surface area contributed by atoms with Crippen molar-refractivity contribution in [2.75, 3.05) is 35.7 Å². The second kappa shape index (κ2) is 12.1. The Morgan fingerprint density at radius 3 is 2.41 bits per heavy atom. The maximum atomic E-state index is 13.1. The molecule has 0 unspecified atom stereocenters. The number of benzene rings is 1. The summed E-state index contributed by atoms with van der Waals surface area (Å²) >= 11 is 2.47. The number of nitrogens with two attached hydrogens (primary N) is 1. The third kappa shape index (κ3) is 7.13. The Morgan fingerprint density at radius 1 is 1.05 bits per heavy atom. The number of primary amides is 1. The molecule has 0 saturated carbocycles. The lowest BCUT2D eigenvalue weighted by Gasteiger charge is -2.41. The first kappa shape index (κ1) is 29.8. The van der Waals surface area contributed by atoms with Crippen LogP contribution in [-0.2, 0) is 14.3 Å². The molecule has 218 valence electrons. The van der Waals surface area contributed by atoms with Crippen molar-refractivity contribution in [1.29, 1.82) is 0 Å². The van der Waals surface area contributed by atoms with E-state index in [1.165, 1.54) is 29.8 Å². The van der Waals surface area contributed by atoms with Gasteiger partial charge in [0.1, 0.15) is 21.7 Å². The van der Waals surface area contributed by atoms with Gasteiger partial charge in [0.05, 0.1) is 24.2 Å². The summed E-state index contributed by atoms with van der Waals surface area (Å²) in [5.74, 6) is -1.49. The van der Waals surface area contributed by atoms with Crippen molar-refractivity contribution in [2.45, 2.75) is 44.8 Å². The number of amides is 3. The average Bonchev–Trinajstić information content (AvgIpc) is 3.58. The first-order chi connectivity index (χ1) is 19.4. The minimum absolute atomic E-state index is 0.204. The molecule has 14 heteroatoms. The average molecular weight is 601 g/mol. The molecule has 12 nitrogen and oxygen atoms in total. The molecule has 0 spiro atoms. The van der Waals surface area contributed by atoms with E-state index in [4.69, 9.17) is 15.2 Å². The number of para-hydroxylation sites is 2. The van der Waals surface area contributed by atoms with Crippen molar-refractivity contribution in [3.8, 4) is 0 Å². The number of hydrogen-bond acceptors (Lipinski definition) is 11. The minimum Gasteiger partial charge on any atom is -0.465 e. The fourth-order valence-corrected chi connectivity index (χ4v) is 5.78. The van der Waals surface area contributed by atoms with Gasteiger partial charge in [-0.2, -0.15) is 0 Å². The van der Waals surface area contributed by atoms with Crippen LogP contribution in [0.2, 0.25) is 0 Å². The molecule has 3 amide bonds. The van der Waals surface area contributed by atoms with Gasteiger partial charge in [-0.05, 0) is 57.2 Å². The molecule has 0 aliphatic carbocycles. The Kier molecular flexibility index (Phi) is 8.83. The van der Waals surface area contributed by atoms with Crippen LogP contribution >= 0.6 is 22.7 Å². The Labute approximate surface area is 245 Å². The van der Waals surface area contributed by atoms with E-state index in [-0.39, 0.29) is 18.5 Å². The lowest BCUT2D eigenvalue weighted by molar-refractivity contribution is -0.125. The monoisotopic (exact) mass is 600 g/mol. The molecule has 2 aromatic heterocycles. The normalized spacial score (nSPS) is 14.6. The van der Waals surface area contributed by atoms with Crippen LogP contribution in [0.5, 0.6) is 0 Å². The molecule has 3 heterocycles. The molecule has 5 N–H and O–H groups in total. The standard InChI is InChI=1S/C27H32N6O6S2/c1-26(2,3)39-25(37)32-27(23(28)36)10-12-33(13-11-27)19-8-6-5-7-16(19)29-21(34)18-15-41-24(31-18)30-17-9-14-40-20(17)22(35)38-4/h5-9,14-15H,10-13H2,1-4H3,(H2,28,36)(H,29,34)(H,30,31)(H,32,37). The highest BCUT2D eigenvalue weighted by molar-refractivity contribution is 7.14. The van der Waals surface area contributed by atoms with Gasteiger partial charge in [0.15, 0.2) is 5.13 Å². The molecule has 4 rings (SSSR count). The number of rotatable bonds is 8. The van der Waals surface area contributed by atoms with E-state index >= 15 is 0 Å². The fraction of sp³-hybridized carbons (Fsp3) is 0.370. The van der Waals surface area contributed by atoms with E-state index in [1.807, 2.05) is 17.0 Å². The Hall–Kier alpha value is -4.17. The molecular formula is C27H32N6O6S2. The quantitative estimate of drug-likeness (QED) is 0.275. The predicted molar refractivity (Wildman–Crippen MR) is 158 cm³/mol. The lowest BCUT2D eigenvalue weighted by atomic mass is 9.86. The summed E-state index contributed by atoms with van der Waals surface area (Å²) in [6, 6.07) is 9.04. The van der Waals surface area contributed by atoms with Gasteiger partial charge in [-0.1, -0.05) is 12.1 Å². The van der Waals surface area contributed by atoms with Crippen LogP contribution in [0.3, 0.4) is 0 Å². The summed E-state index contributed by atoms with van der Waals surface area (Å²) in [7, 11) is 1.31. The number of esters is 1. The number of piperidine rings is 1. The number of anilines is 4. The van der Waals surface area contributed by atoms with Gasteiger partial charge >= 0.3 is 12.1 Å². The summed E-state index contributed by atoms with van der Waals surface area (Å²) in [5, 5.41) is 12.5. The van der Waals surface area contributed by atoms with E-state index in [0.717, 1.165) is 5.69 Å². The number of nitrogens with zero attached hydrogens (tertiary/aromatic N) is 2. The number of thiazole rings is 1. The molecule has 41 heavy (non-hydrogen) atoms. The first-order valence-electron chi connectivity index (χ1n) is 12.8. The molecule has 1 fully saturated rings. The van der Waals surface area contributed by atoms with E-state index in [1.54, 1.807) is 49.7 Å². The summed E-state index contributed by atoms with van der Waals surface area (Å²) in [4.78, 5) is 56.7. The van der Waals surface area contributed by atoms with Crippen molar-refractivity contribution in [3.05, 3.63) is 51.7 Å². The van der Waals surface area contributed by atoms with Crippen molar-refractivity contribution in [2.24, 2.45) is 5.73 Å². The van der Waals surface area contributed by atoms with Crippen LogP contribution in [0.1, 0.15) is 53.8 Å². The molecule has 1 aliphatic rings. The highest BCUT2D eigenvalue weighted by Gasteiger charge is 2.42. The Morgan fingerprint density at radius 2 is 1.76 bits per heavy atom. The molecule has 0 bridgehead atoms. The molecule has 1 aliphatic heterocycles. The largest absolute Gasteiger partial charge is 0.465 e. The van der Waals surface area contributed by atoms with Crippen LogP contribution in [0.4, 0.5) is 27.0 Å². The van der Waals surface area contributed by atoms with Gasteiger partial charge in [-0.15, -0.1) is 22.7 Å². The maximum Gasteiger partial charge on any atom is 0.408 e. The summed E-state index contributed by atoms with van der Waals surface area (Å²) in [6.45, 7) is 6.03. The molecule has 3 aromatic rings. The van der Waals surface area contributed by atoms with Crippen LogP contribution in [0.25, 0.3) is 0 Å². The van der Waals surface area contributed by atoms with Crippen molar-refractivity contribution < 1.29 is 28.7 Å². The summed E-state index contributed by atoms with van der Waals surface area (Å²) in [5.41, 5.74) is 5.83. The molecule has 1 aromatic carbocycles. The molecule has 1 saturated heterocycles. The van der Waals surface area contributed by atoms with Crippen LogP contribution in [0, 0.1) is 0 Å². The highest BCUT2D eigenvalue weighted by atomic mass is 32.1. The number of alkyl carbamates (subject to hydrolysis) is 1. The molecule has 0 radical (unpaired) electrons. The zero-order chi connectivity index (χ0) is 29.8. The number of carbonyl (C=O) groups is 4. The van der Waals surface area contributed by atoms with E-state index in [0.29, 0.717) is 34.5 Å². The Balaban J connectivity index is 1.43. The zero-order valence-corrected chi connectivity index (χ0v) is 24.7. The van der Waals surface area contributed by atoms with Gasteiger partial charge in [0, 0.05) is 18.5 Å². The SMILES string of the molecule is COC(=O)c1sccc1Nc1nc(C(=O)Nc2ccccc2N2CCC(NC(=O)OC(C)(C)C)(C(N)=O)CC2)cs1. The topological polar surface area (TPSA) is 165 Å². The molecule has 0 atom stereocenters. The third-order valence-corrected chi connectivity index (χ3v) is 7.99. The second-order valence-corrected chi connectivity index (χ2v) is 12.1.